The summed E-state index contributed by atoms with van der Waals surface area (Å²) in [4.78, 5) is 2.38. The highest BCUT2D eigenvalue weighted by Crippen LogP contribution is 2.24. The predicted molar refractivity (Wildman–Crippen MR) is 85.2 cm³/mol. The highest BCUT2D eigenvalue weighted by Gasteiger charge is 2.02. The van der Waals surface area contributed by atoms with E-state index in [0.717, 1.165) is 11.5 Å². The van der Waals surface area contributed by atoms with Gasteiger partial charge in [0.1, 0.15) is 0 Å². The van der Waals surface area contributed by atoms with Crippen molar-refractivity contribution in [3.63, 3.8) is 0 Å². The van der Waals surface area contributed by atoms with Crippen LogP contribution in [0.2, 0.25) is 0 Å². The Kier molecular flexibility index (Phi) is 11.2. The van der Waals surface area contributed by atoms with Gasteiger partial charge in [0.15, 0.2) is 10.3 Å². The van der Waals surface area contributed by atoms with Crippen molar-refractivity contribution in [1.82, 2.24) is 0 Å². The van der Waals surface area contributed by atoms with Crippen molar-refractivity contribution in [3.8, 4) is 0 Å². The van der Waals surface area contributed by atoms with Crippen LogP contribution in [0.15, 0.2) is 12.1 Å². The zero-order chi connectivity index (χ0) is 11.3. The fraction of sp³-hybridized carbons (Fsp3) is 0.250. The van der Waals surface area contributed by atoms with Gasteiger partial charge in [0.2, 0.25) is 0 Å². The van der Waals surface area contributed by atoms with E-state index in [4.69, 9.17) is 22.3 Å². The molecule has 0 saturated carbocycles. The third-order valence-electron chi connectivity index (χ3n) is 1.46. The molecular formula is C8H14Cl2N4S3. The van der Waals surface area contributed by atoms with Gasteiger partial charge in [-0.1, -0.05) is 23.5 Å². The zero-order valence-corrected chi connectivity index (χ0v) is 12.8. The van der Waals surface area contributed by atoms with Crippen molar-refractivity contribution >= 4 is 70.0 Å². The number of hydrogen-bond donors (Lipinski definition) is 4. The number of nitrogens with two attached hydrogens (primary N) is 2. The molecule has 0 saturated heterocycles. The topological polar surface area (TPSA) is 99.7 Å². The molecule has 4 nitrogen and oxygen atoms in total. The molecule has 98 valence electrons. The maximum absolute atomic E-state index is 7.08. The van der Waals surface area contributed by atoms with Crippen molar-refractivity contribution in [2.24, 2.45) is 11.5 Å². The van der Waals surface area contributed by atoms with Crippen LogP contribution in [0.4, 0.5) is 0 Å². The number of thiophene rings is 1. The summed E-state index contributed by atoms with van der Waals surface area (Å²) in [5, 5.41) is 14.5. The van der Waals surface area contributed by atoms with Crippen molar-refractivity contribution in [2.75, 3.05) is 0 Å². The molecule has 0 aliphatic heterocycles. The van der Waals surface area contributed by atoms with E-state index in [1.165, 1.54) is 33.3 Å². The SMILES string of the molecule is Cl.Cl.N=C(N)SCc1ccc(CSC(=N)N)s1. The Morgan fingerprint density at radius 1 is 1.00 bits per heavy atom. The molecule has 0 amide bonds. The molecular weight excluding hydrogens is 319 g/mol. The number of thioether (sulfide) groups is 2. The Morgan fingerprint density at radius 3 is 1.65 bits per heavy atom. The summed E-state index contributed by atoms with van der Waals surface area (Å²) in [6, 6.07) is 4.05. The highest BCUT2D eigenvalue weighted by atomic mass is 35.5. The third-order valence-corrected chi connectivity index (χ3v) is 4.44. The number of amidine groups is 2. The number of nitrogens with one attached hydrogen (secondary N) is 2. The van der Waals surface area contributed by atoms with Gasteiger partial charge in [0.25, 0.3) is 0 Å². The summed E-state index contributed by atoms with van der Waals surface area (Å²) in [5.74, 6) is 1.48. The zero-order valence-electron chi connectivity index (χ0n) is 8.76. The average molecular weight is 333 g/mol. The highest BCUT2D eigenvalue weighted by molar-refractivity contribution is 8.13. The van der Waals surface area contributed by atoms with E-state index in [0.29, 0.717) is 0 Å². The Bertz CT molecular complexity index is 337. The van der Waals surface area contributed by atoms with E-state index >= 15 is 0 Å². The molecule has 6 N–H and O–H groups in total. The maximum atomic E-state index is 7.08. The fourth-order valence-corrected chi connectivity index (χ4v) is 3.10. The monoisotopic (exact) mass is 332 g/mol. The molecule has 0 fully saturated rings. The van der Waals surface area contributed by atoms with Gasteiger partial charge < -0.3 is 11.5 Å². The normalized spacial score (nSPS) is 8.94. The lowest BCUT2D eigenvalue weighted by Gasteiger charge is -1.95. The molecule has 0 aromatic carbocycles. The second-order valence-corrected chi connectivity index (χ2v) is 5.96. The molecule has 1 aromatic rings. The fourth-order valence-electron chi connectivity index (χ4n) is 0.875. The van der Waals surface area contributed by atoms with Crippen LogP contribution in [0.5, 0.6) is 0 Å². The van der Waals surface area contributed by atoms with Crippen LogP contribution in [0, 0.1) is 10.8 Å². The second-order valence-electron chi connectivity index (χ2n) is 2.67. The Labute approximate surface area is 125 Å². The first-order chi connectivity index (χ1) is 7.08. The minimum atomic E-state index is 0. The minimum absolute atomic E-state index is 0. The molecule has 0 unspecified atom stereocenters. The van der Waals surface area contributed by atoms with Gasteiger partial charge in [-0.05, 0) is 12.1 Å². The van der Waals surface area contributed by atoms with Gasteiger partial charge >= 0.3 is 0 Å². The lowest BCUT2D eigenvalue weighted by atomic mass is 10.5. The van der Waals surface area contributed by atoms with Crippen LogP contribution in [0.1, 0.15) is 9.75 Å². The summed E-state index contributed by atoms with van der Waals surface area (Å²) < 4.78 is 0. The van der Waals surface area contributed by atoms with Crippen molar-refractivity contribution < 1.29 is 0 Å². The van der Waals surface area contributed by atoms with Gasteiger partial charge in [-0.3, -0.25) is 10.8 Å². The molecule has 1 rings (SSSR count). The molecule has 0 atom stereocenters. The first-order valence-corrected chi connectivity index (χ1v) is 6.88. The first kappa shape index (κ1) is 19.3. The van der Waals surface area contributed by atoms with E-state index in [-0.39, 0.29) is 35.1 Å². The lowest BCUT2D eigenvalue weighted by Crippen LogP contribution is -2.03. The van der Waals surface area contributed by atoms with Crippen molar-refractivity contribution in [3.05, 3.63) is 21.9 Å². The number of halogens is 2. The average Bonchev–Trinajstić information content (AvgIpc) is 2.59. The van der Waals surface area contributed by atoms with Crippen LogP contribution in [0.25, 0.3) is 0 Å². The summed E-state index contributed by atoms with van der Waals surface area (Å²) in [7, 11) is 0. The summed E-state index contributed by atoms with van der Waals surface area (Å²) in [6.07, 6.45) is 0. The van der Waals surface area contributed by atoms with Crippen molar-refractivity contribution in [2.45, 2.75) is 11.5 Å². The largest absolute Gasteiger partial charge is 0.379 e. The Balaban J connectivity index is 0. The van der Waals surface area contributed by atoms with Crippen LogP contribution < -0.4 is 11.5 Å². The summed E-state index contributed by atoms with van der Waals surface area (Å²) >= 11 is 4.31. The maximum Gasteiger partial charge on any atom is 0.151 e. The molecule has 0 radical (unpaired) electrons. The van der Waals surface area contributed by atoms with Gasteiger partial charge in [0.05, 0.1) is 0 Å². The van der Waals surface area contributed by atoms with E-state index in [9.17, 15) is 0 Å². The molecule has 9 heteroatoms. The lowest BCUT2D eigenvalue weighted by molar-refractivity contribution is 1.49. The van der Waals surface area contributed by atoms with Crippen LogP contribution in [0.3, 0.4) is 0 Å². The minimum Gasteiger partial charge on any atom is -0.379 e. The van der Waals surface area contributed by atoms with Gasteiger partial charge in [-0.25, -0.2) is 0 Å². The third kappa shape index (κ3) is 8.62. The smallest absolute Gasteiger partial charge is 0.151 e. The first-order valence-electron chi connectivity index (χ1n) is 4.09. The van der Waals surface area contributed by atoms with E-state index < -0.39 is 0 Å². The van der Waals surface area contributed by atoms with E-state index in [1.54, 1.807) is 11.3 Å². The molecule has 0 spiro atoms. The summed E-state index contributed by atoms with van der Waals surface area (Å²) in [6.45, 7) is 0. The summed E-state index contributed by atoms with van der Waals surface area (Å²) in [5.41, 5.74) is 10.5. The number of hydrogen-bond acceptors (Lipinski definition) is 5. The molecule has 0 bridgehead atoms. The standard InChI is InChI=1S/C8H12N4S3.2ClH/c9-7(10)13-3-5-1-2-6(15-5)4-14-8(11)12;;/h1-2H,3-4H2,(H3,9,10)(H3,11,12);2*1H. The van der Waals surface area contributed by atoms with Gasteiger partial charge in [0, 0.05) is 21.3 Å². The van der Waals surface area contributed by atoms with Gasteiger partial charge in [-0.15, -0.1) is 36.2 Å². The van der Waals surface area contributed by atoms with Crippen LogP contribution >= 0.6 is 59.7 Å². The van der Waals surface area contributed by atoms with Crippen LogP contribution in [-0.4, -0.2) is 10.3 Å². The quantitative estimate of drug-likeness (QED) is 0.503. The number of rotatable bonds is 4. The molecule has 0 aliphatic carbocycles. The molecule has 17 heavy (non-hydrogen) atoms. The predicted octanol–water partition coefficient (Wildman–Crippen LogP) is 2.85. The molecule has 1 heterocycles. The van der Waals surface area contributed by atoms with Gasteiger partial charge in [-0.2, -0.15) is 0 Å². The van der Waals surface area contributed by atoms with Crippen LogP contribution in [-0.2, 0) is 11.5 Å². The molecule has 1 aromatic heterocycles. The van der Waals surface area contributed by atoms with Crippen molar-refractivity contribution in [1.29, 1.82) is 10.8 Å². The Morgan fingerprint density at radius 2 is 1.35 bits per heavy atom. The second kappa shape index (κ2) is 9.90. The van der Waals surface area contributed by atoms with E-state index in [2.05, 4.69) is 0 Å². The van der Waals surface area contributed by atoms with E-state index in [1.807, 2.05) is 12.1 Å². The Hall–Kier alpha value is -0.0800. The molecule has 0 aliphatic rings.